The number of carbonyl (C=O) groups is 1. The Bertz CT molecular complexity index is 705. The average molecular weight is 307 g/mol. The van der Waals surface area contributed by atoms with Crippen molar-refractivity contribution in [2.45, 2.75) is 6.42 Å². The average Bonchev–Trinajstić information content (AvgIpc) is 2.95. The third-order valence-corrected chi connectivity index (χ3v) is 4.20. The van der Waals surface area contributed by atoms with Crippen molar-refractivity contribution in [1.82, 2.24) is 4.98 Å². The summed E-state index contributed by atoms with van der Waals surface area (Å²) in [5.74, 6) is 0.0288. The van der Waals surface area contributed by atoms with Gasteiger partial charge in [-0.05, 0) is 30.7 Å². The summed E-state index contributed by atoms with van der Waals surface area (Å²) in [6, 6.07) is 6.85. The summed E-state index contributed by atoms with van der Waals surface area (Å²) in [5, 5.41) is 19.2. The molecule has 6 heteroatoms. The van der Waals surface area contributed by atoms with Gasteiger partial charge in [-0.1, -0.05) is 11.6 Å². The Morgan fingerprint density at radius 2 is 2.19 bits per heavy atom. The van der Waals surface area contributed by atoms with Crippen LogP contribution in [0, 0.1) is 5.92 Å². The first-order valence-electron chi connectivity index (χ1n) is 6.78. The molecule has 3 rings (SSSR count). The summed E-state index contributed by atoms with van der Waals surface area (Å²) < 4.78 is 0. The van der Waals surface area contributed by atoms with E-state index in [4.69, 9.17) is 11.6 Å². The maximum atomic E-state index is 11.3. The van der Waals surface area contributed by atoms with Crippen LogP contribution < -0.4 is 4.90 Å². The molecular formula is C15H15ClN2O3. The van der Waals surface area contributed by atoms with E-state index in [9.17, 15) is 15.0 Å². The lowest BCUT2D eigenvalue weighted by Gasteiger charge is -2.18. The second kappa shape index (κ2) is 5.50. The van der Waals surface area contributed by atoms with Crippen molar-refractivity contribution < 1.29 is 15.0 Å². The van der Waals surface area contributed by atoms with Gasteiger partial charge in [0.15, 0.2) is 0 Å². The van der Waals surface area contributed by atoms with Crippen LogP contribution in [0.1, 0.15) is 16.8 Å². The van der Waals surface area contributed by atoms with E-state index in [2.05, 4.69) is 9.88 Å². The number of rotatable bonds is 3. The van der Waals surface area contributed by atoms with E-state index in [1.807, 2.05) is 6.07 Å². The number of hydrogen-bond donors (Lipinski definition) is 2. The predicted molar refractivity (Wildman–Crippen MR) is 81.1 cm³/mol. The third kappa shape index (κ3) is 2.54. The highest BCUT2D eigenvalue weighted by Gasteiger charge is 2.23. The Kier molecular flexibility index (Phi) is 3.69. The first-order valence-corrected chi connectivity index (χ1v) is 7.16. The molecule has 1 aromatic carbocycles. The molecule has 0 saturated carbocycles. The molecule has 2 N–H and O–H groups in total. The zero-order chi connectivity index (χ0) is 15.0. The van der Waals surface area contributed by atoms with E-state index < -0.39 is 5.97 Å². The van der Waals surface area contributed by atoms with Crippen LogP contribution in [0.15, 0.2) is 24.3 Å². The van der Waals surface area contributed by atoms with Gasteiger partial charge in [0.1, 0.15) is 5.82 Å². The highest BCUT2D eigenvalue weighted by Crippen LogP contribution is 2.29. The molecule has 2 aromatic rings. The molecule has 0 amide bonds. The van der Waals surface area contributed by atoms with Crippen molar-refractivity contribution in [3.05, 3.63) is 34.9 Å². The Hall–Kier alpha value is -1.85. The molecule has 0 bridgehead atoms. The van der Waals surface area contributed by atoms with Crippen molar-refractivity contribution in [3.8, 4) is 0 Å². The number of halogens is 1. The maximum Gasteiger partial charge on any atom is 0.337 e. The number of nitrogens with zero attached hydrogens (tertiary/aromatic N) is 2. The number of carboxylic acids is 1. The zero-order valence-corrected chi connectivity index (χ0v) is 12.0. The van der Waals surface area contributed by atoms with Crippen LogP contribution in [-0.4, -0.2) is 40.9 Å². The second-order valence-corrected chi connectivity index (χ2v) is 5.65. The molecule has 21 heavy (non-hydrogen) atoms. The van der Waals surface area contributed by atoms with Crippen LogP contribution in [0.4, 0.5) is 5.82 Å². The third-order valence-electron chi connectivity index (χ3n) is 3.89. The number of benzene rings is 1. The van der Waals surface area contributed by atoms with Gasteiger partial charge >= 0.3 is 5.97 Å². The topological polar surface area (TPSA) is 73.7 Å². The zero-order valence-electron chi connectivity index (χ0n) is 11.3. The highest BCUT2D eigenvalue weighted by molar-refractivity contribution is 6.35. The Balaban J connectivity index is 2.02. The number of carboxylic acid groups (broad SMARTS) is 1. The van der Waals surface area contributed by atoms with Crippen LogP contribution in [0.25, 0.3) is 10.9 Å². The van der Waals surface area contributed by atoms with Crippen LogP contribution in [0.2, 0.25) is 5.02 Å². The molecule has 1 fully saturated rings. The van der Waals surface area contributed by atoms with Crippen molar-refractivity contribution in [3.63, 3.8) is 0 Å². The van der Waals surface area contributed by atoms with Crippen LogP contribution in [-0.2, 0) is 0 Å². The van der Waals surface area contributed by atoms with E-state index in [-0.39, 0.29) is 23.1 Å². The fourth-order valence-electron chi connectivity index (χ4n) is 2.75. The quantitative estimate of drug-likeness (QED) is 0.911. The fraction of sp³-hybridized carbons (Fsp3) is 0.333. The monoisotopic (exact) mass is 306 g/mol. The number of aromatic nitrogens is 1. The lowest BCUT2D eigenvalue weighted by molar-refractivity contribution is 0.0699. The molecule has 0 unspecified atom stereocenters. The van der Waals surface area contributed by atoms with Gasteiger partial charge in [-0.2, -0.15) is 0 Å². The van der Waals surface area contributed by atoms with E-state index in [1.54, 1.807) is 18.2 Å². The first kappa shape index (κ1) is 14.1. The largest absolute Gasteiger partial charge is 0.478 e. The van der Waals surface area contributed by atoms with Crippen molar-refractivity contribution in [2.24, 2.45) is 5.92 Å². The number of anilines is 1. The molecule has 0 radical (unpaired) electrons. The minimum atomic E-state index is -1.05. The van der Waals surface area contributed by atoms with E-state index >= 15 is 0 Å². The normalized spacial score (nSPS) is 18.4. The van der Waals surface area contributed by atoms with Crippen molar-refractivity contribution in [1.29, 1.82) is 0 Å². The Labute approximate surface area is 126 Å². The number of aromatic carboxylic acids is 1. The van der Waals surface area contributed by atoms with Gasteiger partial charge < -0.3 is 15.1 Å². The molecule has 110 valence electrons. The Morgan fingerprint density at radius 1 is 1.38 bits per heavy atom. The summed E-state index contributed by atoms with van der Waals surface area (Å²) in [7, 11) is 0. The van der Waals surface area contributed by atoms with Crippen LogP contribution in [0.3, 0.4) is 0 Å². The van der Waals surface area contributed by atoms with Gasteiger partial charge in [0.2, 0.25) is 0 Å². The molecule has 5 nitrogen and oxygen atoms in total. The molecule has 2 heterocycles. The van der Waals surface area contributed by atoms with Gasteiger partial charge in [-0.3, -0.25) is 0 Å². The second-order valence-electron chi connectivity index (χ2n) is 5.25. The number of aliphatic hydroxyl groups is 1. The van der Waals surface area contributed by atoms with Crippen molar-refractivity contribution in [2.75, 3.05) is 24.6 Å². The minimum absolute atomic E-state index is 0.0860. The smallest absolute Gasteiger partial charge is 0.337 e. The van der Waals surface area contributed by atoms with Gasteiger partial charge in [0.25, 0.3) is 0 Å². The van der Waals surface area contributed by atoms with E-state index in [0.717, 1.165) is 25.3 Å². The summed E-state index contributed by atoms with van der Waals surface area (Å²) in [6.45, 7) is 1.81. The van der Waals surface area contributed by atoms with Gasteiger partial charge in [-0.25, -0.2) is 9.78 Å². The van der Waals surface area contributed by atoms with E-state index in [1.165, 1.54) is 0 Å². The molecule has 1 aromatic heterocycles. The minimum Gasteiger partial charge on any atom is -0.478 e. The van der Waals surface area contributed by atoms with Crippen molar-refractivity contribution >= 4 is 34.3 Å². The first-order chi connectivity index (χ1) is 10.1. The summed E-state index contributed by atoms with van der Waals surface area (Å²) in [6.07, 6.45) is 0.942. The van der Waals surface area contributed by atoms with Gasteiger partial charge in [-0.15, -0.1) is 0 Å². The van der Waals surface area contributed by atoms with Crippen LogP contribution in [0.5, 0.6) is 0 Å². The highest BCUT2D eigenvalue weighted by atomic mass is 35.5. The molecule has 0 aliphatic carbocycles. The van der Waals surface area contributed by atoms with Gasteiger partial charge in [0.05, 0.1) is 16.1 Å². The summed E-state index contributed by atoms with van der Waals surface area (Å²) in [5.41, 5.74) is 0.699. The van der Waals surface area contributed by atoms with Gasteiger partial charge in [0, 0.05) is 31.0 Å². The molecule has 1 aliphatic rings. The summed E-state index contributed by atoms with van der Waals surface area (Å²) >= 11 is 5.96. The fourth-order valence-corrected chi connectivity index (χ4v) is 3.00. The molecule has 1 atom stereocenters. The molecule has 1 saturated heterocycles. The van der Waals surface area contributed by atoms with E-state index in [0.29, 0.717) is 10.9 Å². The maximum absolute atomic E-state index is 11.3. The van der Waals surface area contributed by atoms with Crippen LogP contribution >= 0.6 is 11.6 Å². The molecular weight excluding hydrogens is 292 g/mol. The lowest BCUT2D eigenvalue weighted by atomic mass is 10.1. The summed E-state index contributed by atoms with van der Waals surface area (Å²) in [4.78, 5) is 17.9. The number of pyridine rings is 1. The Morgan fingerprint density at radius 3 is 2.86 bits per heavy atom. The SMILES string of the molecule is O=C(O)c1c(Cl)ccc2nc(N3CC[C@@H](CO)C3)ccc12. The standard InChI is InChI=1S/C15H15ClN2O3/c16-11-2-3-12-10(14(11)15(20)21)1-4-13(17-12)18-6-5-9(7-18)8-19/h1-4,9,19H,5-8H2,(H,20,21)/t9-/m1/s1. The predicted octanol–water partition coefficient (Wildman–Crippen LogP) is 2.41. The molecule has 0 spiro atoms. The number of hydrogen-bond acceptors (Lipinski definition) is 4. The number of fused-ring (bicyclic) bond motifs is 1. The number of aliphatic hydroxyl groups excluding tert-OH is 1. The lowest BCUT2D eigenvalue weighted by Crippen LogP contribution is -2.21. The molecule has 1 aliphatic heterocycles.